The van der Waals surface area contributed by atoms with Crippen LogP contribution >= 0.6 is 0 Å². The van der Waals surface area contributed by atoms with Gasteiger partial charge < -0.3 is 14.6 Å². The minimum Gasteiger partial charge on any atom is -0.496 e. The van der Waals surface area contributed by atoms with Crippen LogP contribution in [0.1, 0.15) is 12.8 Å². The van der Waals surface area contributed by atoms with Crippen molar-refractivity contribution in [3.63, 3.8) is 0 Å². The Morgan fingerprint density at radius 3 is 2.73 bits per heavy atom. The third-order valence-corrected chi connectivity index (χ3v) is 2.40. The van der Waals surface area contributed by atoms with Crippen LogP contribution in [0.25, 0.3) is 0 Å². The molecule has 3 heteroatoms. The van der Waals surface area contributed by atoms with E-state index in [9.17, 15) is 5.11 Å². The summed E-state index contributed by atoms with van der Waals surface area (Å²) in [5.74, 6) is 0. The van der Waals surface area contributed by atoms with E-state index in [-0.39, 0.29) is 24.4 Å². The van der Waals surface area contributed by atoms with Crippen LogP contribution in [0.3, 0.4) is 0 Å². The van der Waals surface area contributed by atoms with Crippen molar-refractivity contribution in [2.24, 2.45) is 0 Å². The van der Waals surface area contributed by atoms with Crippen molar-refractivity contribution in [2.75, 3.05) is 0 Å². The van der Waals surface area contributed by atoms with Crippen LogP contribution in [0.15, 0.2) is 12.8 Å². The molecule has 62 valence electrons. The fourth-order valence-corrected chi connectivity index (χ4v) is 1.86. The number of hydrogen-bond acceptors (Lipinski definition) is 3. The minimum atomic E-state index is -0.273. The number of rotatable bonds is 2. The van der Waals surface area contributed by atoms with Gasteiger partial charge in [-0.1, -0.05) is 6.58 Å². The first-order valence-corrected chi connectivity index (χ1v) is 3.91. The molecular formula is C8H12O3. The molecule has 4 unspecified atom stereocenters. The van der Waals surface area contributed by atoms with Gasteiger partial charge in [-0.15, -0.1) is 0 Å². The summed E-state index contributed by atoms with van der Waals surface area (Å²) in [7, 11) is 0. The number of ether oxygens (including phenoxy) is 2. The van der Waals surface area contributed by atoms with Crippen molar-refractivity contribution in [3.8, 4) is 0 Å². The first-order chi connectivity index (χ1) is 5.31. The van der Waals surface area contributed by atoms with E-state index in [0.717, 1.165) is 6.42 Å². The molecule has 2 aliphatic rings. The zero-order valence-electron chi connectivity index (χ0n) is 6.27. The third-order valence-electron chi connectivity index (χ3n) is 2.40. The average molecular weight is 156 g/mol. The molecule has 2 fully saturated rings. The predicted octanol–water partition coefficient (Wildman–Crippen LogP) is 0.437. The summed E-state index contributed by atoms with van der Waals surface area (Å²) < 4.78 is 10.6. The molecule has 0 saturated carbocycles. The van der Waals surface area contributed by atoms with Crippen LogP contribution in [-0.4, -0.2) is 29.5 Å². The lowest BCUT2D eigenvalue weighted by Gasteiger charge is -2.20. The molecule has 0 radical (unpaired) electrons. The predicted molar refractivity (Wildman–Crippen MR) is 39.0 cm³/mol. The summed E-state index contributed by atoms with van der Waals surface area (Å²) in [5, 5.41) is 9.30. The van der Waals surface area contributed by atoms with Gasteiger partial charge in [0.25, 0.3) is 0 Å². The first-order valence-electron chi connectivity index (χ1n) is 3.91. The van der Waals surface area contributed by atoms with E-state index < -0.39 is 0 Å². The Kier molecular flexibility index (Phi) is 1.62. The smallest absolute Gasteiger partial charge is 0.126 e. The molecule has 4 atom stereocenters. The number of aliphatic hydroxyl groups excluding tert-OH is 1. The van der Waals surface area contributed by atoms with Gasteiger partial charge in [-0.3, -0.25) is 0 Å². The number of fused-ring (bicyclic) bond motifs is 2. The van der Waals surface area contributed by atoms with Gasteiger partial charge in [-0.05, 0) is 0 Å². The monoisotopic (exact) mass is 156 g/mol. The molecule has 2 aliphatic heterocycles. The van der Waals surface area contributed by atoms with E-state index >= 15 is 0 Å². The average Bonchev–Trinajstić information content (AvgIpc) is 2.47. The standard InChI is InChI=1S/C8H12O3/c1-2-10-7-4-6-5(9)3-8(7)11-6/h2,5-9H,1,3-4H2. The van der Waals surface area contributed by atoms with Gasteiger partial charge in [0, 0.05) is 12.8 Å². The van der Waals surface area contributed by atoms with Crippen molar-refractivity contribution in [3.05, 3.63) is 12.8 Å². The maximum absolute atomic E-state index is 9.30. The molecule has 0 aromatic carbocycles. The van der Waals surface area contributed by atoms with Gasteiger partial charge in [-0.2, -0.15) is 0 Å². The highest BCUT2D eigenvalue weighted by Crippen LogP contribution is 2.36. The van der Waals surface area contributed by atoms with E-state index in [2.05, 4.69) is 6.58 Å². The molecule has 2 bridgehead atoms. The first kappa shape index (κ1) is 7.13. The zero-order chi connectivity index (χ0) is 7.84. The van der Waals surface area contributed by atoms with Crippen molar-refractivity contribution in [2.45, 2.75) is 37.3 Å². The van der Waals surface area contributed by atoms with E-state index in [4.69, 9.17) is 9.47 Å². The molecule has 0 spiro atoms. The van der Waals surface area contributed by atoms with Crippen molar-refractivity contribution in [1.82, 2.24) is 0 Å². The Morgan fingerprint density at radius 2 is 2.27 bits per heavy atom. The van der Waals surface area contributed by atoms with Crippen molar-refractivity contribution >= 4 is 0 Å². The molecule has 2 rings (SSSR count). The normalized spacial score (nSPS) is 47.7. The lowest BCUT2D eigenvalue weighted by molar-refractivity contribution is 0.0420. The summed E-state index contributed by atoms with van der Waals surface area (Å²) >= 11 is 0. The summed E-state index contributed by atoms with van der Waals surface area (Å²) in [6.45, 7) is 3.49. The summed E-state index contributed by atoms with van der Waals surface area (Å²) in [6.07, 6.45) is 2.91. The van der Waals surface area contributed by atoms with E-state index in [1.807, 2.05) is 0 Å². The molecule has 2 saturated heterocycles. The fraction of sp³-hybridized carbons (Fsp3) is 0.750. The van der Waals surface area contributed by atoms with Crippen molar-refractivity contribution in [1.29, 1.82) is 0 Å². The number of hydrogen-bond donors (Lipinski definition) is 1. The van der Waals surface area contributed by atoms with Crippen LogP contribution in [0.2, 0.25) is 0 Å². The topological polar surface area (TPSA) is 38.7 Å². The molecule has 3 nitrogen and oxygen atoms in total. The van der Waals surface area contributed by atoms with Gasteiger partial charge in [0.2, 0.25) is 0 Å². The lowest BCUT2D eigenvalue weighted by atomic mass is 9.95. The van der Waals surface area contributed by atoms with Gasteiger partial charge in [0.1, 0.15) is 6.10 Å². The van der Waals surface area contributed by atoms with E-state index in [1.165, 1.54) is 6.26 Å². The SMILES string of the molecule is C=COC1CC2OC1CC2O. The van der Waals surface area contributed by atoms with E-state index in [1.54, 1.807) is 0 Å². The van der Waals surface area contributed by atoms with Gasteiger partial charge in [-0.25, -0.2) is 0 Å². The van der Waals surface area contributed by atoms with Gasteiger partial charge in [0.15, 0.2) is 0 Å². The minimum absolute atomic E-state index is 0.00458. The maximum Gasteiger partial charge on any atom is 0.126 e. The highest BCUT2D eigenvalue weighted by atomic mass is 16.6. The Morgan fingerprint density at radius 1 is 1.45 bits per heavy atom. The fourth-order valence-electron chi connectivity index (χ4n) is 1.86. The largest absolute Gasteiger partial charge is 0.496 e. The lowest BCUT2D eigenvalue weighted by Crippen LogP contribution is -2.31. The Bertz CT molecular complexity index is 167. The second-order valence-corrected chi connectivity index (χ2v) is 3.09. The third kappa shape index (κ3) is 1.04. The molecule has 0 aliphatic carbocycles. The van der Waals surface area contributed by atoms with Crippen molar-refractivity contribution < 1.29 is 14.6 Å². The molecule has 2 heterocycles. The van der Waals surface area contributed by atoms with Crippen LogP contribution in [0.5, 0.6) is 0 Å². The summed E-state index contributed by atoms with van der Waals surface area (Å²) in [5.41, 5.74) is 0. The van der Waals surface area contributed by atoms with Crippen LogP contribution < -0.4 is 0 Å². The molecule has 0 amide bonds. The molecule has 0 aromatic heterocycles. The quantitative estimate of drug-likeness (QED) is 0.589. The number of aliphatic hydroxyl groups is 1. The van der Waals surface area contributed by atoms with Crippen LogP contribution in [0, 0.1) is 0 Å². The Hall–Kier alpha value is -0.540. The summed E-state index contributed by atoms with van der Waals surface area (Å²) in [6, 6.07) is 0. The molecule has 1 N–H and O–H groups in total. The van der Waals surface area contributed by atoms with Crippen LogP contribution in [-0.2, 0) is 9.47 Å². The van der Waals surface area contributed by atoms with Crippen LogP contribution in [0.4, 0.5) is 0 Å². The highest BCUT2D eigenvalue weighted by molar-refractivity contribution is 4.96. The van der Waals surface area contributed by atoms with Gasteiger partial charge >= 0.3 is 0 Å². The van der Waals surface area contributed by atoms with Gasteiger partial charge in [0.05, 0.1) is 24.6 Å². The van der Waals surface area contributed by atoms with E-state index in [0.29, 0.717) is 6.42 Å². The Balaban J connectivity index is 1.97. The second kappa shape index (κ2) is 2.50. The second-order valence-electron chi connectivity index (χ2n) is 3.09. The maximum atomic E-state index is 9.30. The molecule has 11 heavy (non-hydrogen) atoms. The molecule has 0 aromatic rings. The summed E-state index contributed by atoms with van der Waals surface area (Å²) in [4.78, 5) is 0. The zero-order valence-corrected chi connectivity index (χ0v) is 6.27. The molecular weight excluding hydrogens is 144 g/mol. The Labute approximate surface area is 65.6 Å². The highest BCUT2D eigenvalue weighted by Gasteiger charge is 2.47.